The number of hydrogen-bond donors (Lipinski definition) is 1. The summed E-state index contributed by atoms with van der Waals surface area (Å²) < 4.78 is 42.7. The van der Waals surface area contributed by atoms with Crippen LogP contribution in [0.2, 0.25) is 0 Å². The van der Waals surface area contributed by atoms with Crippen LogP contribution in [0.1, 0.15) is 43.0 Å². The number of carbonyl (C=O) groups excluding carboxylic acids is 1. The van der Waals surface area contributed by atoms with Gasteiger partial charge in [-0.2, -0.15) is 18.3 Å². The minimum atomic E-state index is -3.18. The maximum Gasteiger partial charge on any atom is 0.340 e. The number of aromatic nitrogens is 5. The molecule has 2 N–H and O–H groups in total. The molecular weight excluding hydrogens is 349 g/mol. The third kappa shape index (κ3) is 2.21. The molecule has 0 bridgehead atoms. The van der Waals surface area contributed by atoms with E-state index in [9.17, 15) is 18.0 Å². The summed E-state index contributed by atoms with van der Waals surface area (Å²) in [6.45, 7) is 2.49. The zero-order valence-electron chi connectivity index (χ0n) is 13.9. The van der Waals surface area contributed by atoms with Crippen molar-refractivity contribution in [2.75, 3.05) is 0 Å². The SMILES string of the molecule is CC1(c2cnn(C(C)(F)F)c2)CC(C(N)=O)c2cnc3cc(F)nn3c21. The molecule has 7 nitrogen and oxygen atoms in total. The van der Waals surface area contributed by atoms with E-state index in [1.807, 2.05) is 0 Å². The molecule has 3 aromatic rings. The molecule has 0 radical (unpaired) electrons. The Morgan fingerprint density at radius 2 is 2.15 bits per heavy atom. The van der Waals surface area contributed by atoms with Crippen LogP contribution in [-0.2, 0) is 16.3 Å². The molecule has 4 rings (SSSR count). The molecule has 0 saturated carbocycles. The summed E-state index contributed by atoms with van der Waals surface area (Å²) in [7, 11) is 0. The molecule has 2 unspecified atom stereocenters. The van der Waals surface area contributed by atoms with E-state index >= 15 is 0 Å². The highest BCUT2D eigenvalue weighted by atomic mass is 19.3. The van der Waals surface area contributed by atoms with Gasteiger partial charge in [-0.3, -0.25) is 4.79 Å². The number of amides is 1. The maximum atomic E-state index is 13.7. The smallest absolute Gasteiger partial charge is 0.340 e. The van der Waals surface area contributed by atoms with Crippen LogP contribution >= 0.6 is 0 Å². The number of carbonyl (C=O) groups is 1. The number of halogens is 3. The molecule has 0 saturated heterocycles. The molecule has 0 spiro atoms. The highest BCUT2D eigenvalue weighted by molar-refractivity contribution is 5.84. The molecule has 0 aliphatic heterocycles. The number of hydrogen-bond acceptors (Lipinski definition) is 4. The molecule has 1 aliphatic carbocycles. The summed E-state index contributed by atoms with van der Waals surface area (Å²) in [6, 6.07) is -2.02. The van der Waals surface area contributed by atoms with Gasteiger partial charge in [-0.1, -0.05) is 0 Å². The van der Waals surface area contributed by atoms with Crippen molar-refractivity contribution in [3.8, 4) is 0 Å². The van der Waals surface area contributed by atoms with Crippen LogP contribution in [0.5, 0.6) is 0 Å². The van der Waals surface area contributed by atoms with E-state index in [-0.39, 0.29) is 12.1 Å². The monoisotopic (exact) mass is 364 g/mol. The lowest BCUT2D eigenvalue weighted by Gasteiger charge is -2.24. The van der Waals surface area contributed by atoms with E-state index in [4.69, 9.17) is 5.73 Å². The molecule has 10 heteroatoms. The van der Waals surface area contributed by atoms with Gasteiger partial charge in [-0.05, 0) is 13.3 Å². The molecule has 2 atom stereocenters. The van der Waals surface area contributed by atoms with Crippen molar-refractivity contribution in [2.45, 2.75) is 37.6 Å². The number of alkyl halides is 2. The van der Waals surface area contributed by atoms with Crippen LogP contribution in [0.15, 0.2) is 24.7 Å². The topological polar surface area (TPSA) is 91.1 Å². The fraction of sp³-hybridized carbons (Fsp3) is 0.375. The summed E-state index contributed by atoms with van der Waals surface area (Å²) in [5.74, 6) is -1.99. The Labute approximate surface area is 145 Å². The van der Waals surface area contributed by atoms with Crippen LogP contribution in [0.25, 0.3) is 5.65 Å². The van der Waals surface area contributed by atoms with Crippen molar-refractivity contribution in [1.82, 2.24) is 24.4 Å². The van der Waals surface area contributed by atoms with Gasteiger partial charge in [-0.25, -0.2) is 14.2 Å². The van der Waals surface area contributed by atoms with E-state index in [2.05, 4.69) is 15.2 Å². The average molecular weight is 364 g/mol. The van der Waals surface area contributed by atoms with Gasteiger partial charge < -0.3 is 5.73 Å². The second-order valence-corrected chi connectivity index (χ2v) is 6.81. The molecule has 26 heavy (non-hydrogen) atoms. The van der Waals surface area contributed by atoms with Gasteiger partial charge in [0.1, 0.15) is 0 Å². The first kappa shape index (κ1) is 16.6. The van der Waals surface area contributed by atoms with Crippen LogP contribution in [0.4, 0.5) is 13.2 Å². The number of rotatable bonds is 3. The molecule has 1 amide bonds. The summed E-state index contributed by atoms with van der Waals surface area (Å²) in [4.78, 5) is 16.1. The normalized spacial score (nSPS) is 22.7. The lowest BCUT2D eigenvalue weighted by Crippen LogP contribution is -2.25. The number of fused-ring (bicyclic) bond motifs is 3. The Morgan fingerprint density at radius 1 is 1.42 bits per heavy atom. The fourth-order valence-electron chi connectivity index (χ4n) is 3.67. The highest BCUT2D eigenvalue weighted by Gasteiger charge is 2.47. The van der Waals surface area contributed by atoms with E-state index in [1.165, 1.54) is 23.1 Å². The van der Waals surface area contributed by atoms with E-state index in [0.29, 0.717) is 21.5 Å². The van der Waals surface area contributed by atoms with E-state index in [1.54, 1.807) is 6.92 Å². The van der Waals surface area contributed by atoms with Gasteiger partial charge >= 0.3 is 6.05 Å². The Kier molecular flexibility index (Phi) is 3.22. The molecule has 0 aromatic carbocycles. The Morgan fingerprint density at radius 3 is 2.77 bits per heavy atom. The third-order valence-electron chi connectivity index (χ3n) is 4.96. The fourth-order valence-corrected chi connectivity index (χ4v) is 3.67. The van der Waals surface area contributed by atoms with Gasteiger partial charge in [0.15, 0.2) is 5.65 Å². The summed E-state index contributed by atoms with van der Waals surface area (Å²) in [5.41, 5.74) is 6.31. The first-order valence-corrected chi connectivity index (χ1v) is 7.88. The van der Waals surface area contributed by atoms with Crippen molar-refractivity contribution in [3.05, 3.63) is 47.4 Å². The van der Waals surface area contributed by atoms with Crippen molar-refractivity contribution >= 4 is 11.6 Å². The van der Waals surface area contributed by atoms with Crippen molar-refractivity contribution in [2.24, 2.45) is 5.73 Å². The van der Waals surface area contributed by atoms with E-state index < -0.39 is 29.2 Å². The first-order chi connectivity index (χ1) is 12.1. The lowest BCUT2D eigenvalue weighted by atomic mass is 9.80. The lowest BCUT2D eigenvalue weighted by molar-refractivity contribution is -0.119. The van der Waals surface area contributed by atoms with E-state index in [0.717, 1.165) is 13.0 Å². The zero-order chi connectivity index (χ0) is 18.9. The summed E-state index contributed by atoms with van der Waals surface area (Å²) in [5, 5.41) is 7.55. The van der Waals surface area contributed by atoms with Crippen molar-refractivity contribution in [1.29, 1.82) is 0 Å². The third-order valence-corrected chi connectivity index (χ3v) is 4.96. The standard InChI is InChI=1S/C16H15F3N6O/c1-15(8-5-22-24(7-8)16(2,18)19)4-9(14(20)26)10-6-21-12-3-11(17)23-25(12)13(10)15/h3,5-7,9H,4H2,1-2H3,(H2,20,26). The van der Waals surface area contributed by atoms with Crippen LogP contribution in [-0.4, -0.2) is 30.3 Å². The molecule has 1 aliphatic rings. The van der Waals surface area contributed by atoms with Crippen molar-refractivity contribution < 1.29 is 18.0 Å². The van der Waals surface area contributed by atoms with Crippen LogP contribution < -0.4 is 5.73 Å². The van der Waals surface area contributed by atoms with Crippen molar-refractivity contribution in [3.63, 3.8) is 0 Å². The highest BCUT2D eigenvalue weighted by Crippen LogP contribution is 2.49. The summed E-state index contributed by atoms with van der Waals surface area (Å²) in [6.07, 6.45) is 4.22. The van der Waals surface area contributed by atoms with Gasteiger partial charge in [0.05, 0.1) is 17.8 Å². The Balaban J connectivity index is 1.98. The predicted molar refractivity (Wildman–Crippen MR) is 84.0 cm³/mol. The summed E-state index contributed by atoms with van der Waals surface area (Å²) >= 11 is 0. The minimum Gasteiger partial charge on any atom is -0.369 e. The quantitative estimate of drug-likeness (QED) is 0.769. The molecule has 3 heterocycles. The second kappa shape index (κ2) is 5.05. The average Bonchev–Trinajstić information content (AvgIpc) is 3.21. The number of primary amides is 1. The zero-order valence-corrected chi connectivity index (χ0v) is 13.9. The van der Waals surface area contributed by atoms with Gasteiger partial charge in [0.25, 0.3) is 0 Å². The van der Waals surface area contributed by atoms with Crippen LogP contribution in [0, 0.1) is 5.95 Å². The van der Waals surface area contributed by atoms with Crippen LogP contribution in [0.3, 0.4) is 0 Å². The Bertz CT molecular complexity index is 1040. The first-order valence-electron chi connectivity index (χ1n) is 7.88. The Hall–Kier alpha value is -2.91. The predicted octanol–water partition coefficient (Wildman–Crippen LogP) is 1.91. The molecule has 0 fully saturated rings. The number of nitrogens with zero attached hydrogens (tertiary/aromatic N) is 5. The number of nitrogens with two attached hydrogens (primary N) is 1. The van der Waals surface area contributed by atoms with Gasteiger partial charge in [0, 0.05) is 41.9 Å². The largest absolute Gasteiger partial charge is 0.369 e. The molecular formula is C16H15F3N6O. The molecule has 3 aromatic heterocycles. The van der Waals surface area contributed by atoms with Gasteiger partial charge in [-0.15, -0.1) is 5.10 Å². The molecule has 136 valence electrons. The maximum absolute atomic E-state index is 13.7. The minimum absolute atomic E-state index is 0.223. The van der Waals surface area contributed by atoms with Gasteiger partial charge in [0.2, 0.25) is 11.9 Å². The second-order valence-electron chi connectivity index (χ2n) is 6.81.